The smallest absolute Gasteiger partial charge is 0.254 e. The number of carbonyl (C=O) groups excluding carboxylic acids is 1. The molecule has 1 N–H and O–H groups in total. The van der Waals surface area contributed by atoms with Crippen molar-refractivity contribution in [3.8, 4) is 5.00 Å². The van der Waals surface area contributed by atoms with E-state index < -0.39 is 0 Å². The van der Waals surface area contributed by atoms with E-state index in [0.29, 0.717) is 0 Å². The van der Waals surface area contributed by atoms with Crippen LogP contribution in [0.5, 0.6) is 0 Å². The van der Waals surface area contributed by atoms with E-state index in [0.717, 1.165) is 41.5 Å². The summed E-state index contributed by atoms with van der Waals surface area (Å²) >= 11 is 3.72. The summed E-state index contributed by atoms with van der Waals surface area (Å²) in [6, 6.07) is 4.00. The standard InChI is InChI=1S/C15H18N2OS2/c1-2-6-16-14(18)13-11-5-9-19-10-12(11)20-15(13)17-7-3-4-8-17/h3-4,7-8H,2,5-6,9-10H2,1H3,(H,16,18). The van der Waals surface area contributed by atoms with Gasteiger partial charge in [0.05, 0.1) is 5.56 Å². The van der Waals surface area contributed by atoms with Crippen LogP contribution in [0.2, 0.25) is 0 Å². The lowest BCUT2D eigenvalue weighted by Gasteiger charge is -2.13. The van der Waals surface area contributed by atoms with Crippen molar-refractivity contribution in [2.45, 2.75) is 25.5 Å². The Bertz CT molecular complexity index is 602. The van der Waals surface area contributed by atoms with Crippen molar-refractivity contribution in [1.29, 1.82) is 0 Å². The minimum absolute atomic E-state index is 0.0833. The third-order valence-corrected chi connectivity index (χ3v) is 5.82. The molecule has 0 spiro atoms. The van der Waals surface area contributed by atoms with Gasteiger partial charge in [-0.2, -0.15) is 11.8 Å². The molecule has 0 bridgehead atoms. The second-order valence-corrected chi connectivity index (χ2v) is 7.02. The molecule has 3 heterocycles. The maximum absolute atomic E-state index is 12.5. The Hall–Kier alpha value is -1.20. The Kier molecular flexibility index (Phi) is 4.17. The number of amides is 1. The van der Waals surface area contributed by atoms with Gasteiger partial charge >= 0.3 is 0 Å². The molecule has 1 aliphatic rings. The van der Waals surface area contributed by atoms with Crippen LogP contribution >= 0.6 is 23.1 Å². The Balaban J connectivity index is 2.04. The fourth-order valence-corrected chi connectivity index (χ4v) is 4.87. The lowest BCUT2D eigenvalue weighted by atomic mass is 10.1. The van der Waals surface area contributed by atoms with Gasteiger partial charge in [0.1, 0.15) is 5.00 Å². The summed E-state index contributed by atoms with van der Waals surface area (Å²) in [6.45, 7) is 2.82. The summed E-state index contributed by atoms with van der Waals surface area (Å²) in [5.41, 5.74) is 2.17. The fourth-order valence-electron chi connectivity index (χ4n) is 2.43. The van der Waals surface area contributed by atoms with Crippen LogP contribution in [0, 0.1) is 0 Å². The zero-order valence-electron chi connectivity index (χ0n) is 11.5. The molecule has 0 radical (unpaired) electrons. The maximum Gasteiger partial charge on any atom is 0.254 e. The molecule has 106 valence electrons. The molecule has 0 aromatic carbocycles. The van der Waals surface area contributed by atoms with Crippen molar-refractivity contribution in [3.63, 3.8) is 0 Å². The average Bonchev–Trinajstić information content (AvgIpc) is 3.11. The summed E-state index contributed by atoms with van der Waals surface area (Å²) in [5.74, 6) is 2.23. The number of hydrogen-bond donors (Lipinski definition) is 1. The van der Waals surface area contributed by atoms with Gasteiger partial charge in [0.25, 0.3) is 5.91 Å². The highest BCUT2D eigenvalue weighted by molar-refractivity contribution is 7.98. The minimum atomic E-state index is 0.0833. The first kappa shape index (κ1) is 13.8. The second-order valence-electron chi connectivity index (χ2n) is 4.83. The molecule has 1 amide bonds. The number of thioether (sulfide) groups is 1. The first-order valence-electron chi connectivity index (χ1n) is 6.95. The number of thiophene rings is 1. The monoisotopic (exact) mass is 306 g/mol. The highest BCUT2D eigenvalue weighted by Crippen LogP contribution is 2.38. The molecule has 0 atom stereocenters. The number of nitrogens with one attached hydrogen (secondary N) is 1. The first-order valence-corrected chi connectivity index (χ1v) is 8.92. The van der Waals surface area contributed by atoms with E-state index in [1.54, 1.807) is 11.3 Å². The summed E-state index contributed by atoms with van der Waals surface area (Å²) in [7, 11) is 0. The predicted molar refractivity (Wildman–Crippen MR) is 86.1 cm³/mol. The number of rotatable bonds is 4. The summed E-state index contributed by atoms with van der Waals surface area (Å²) in [4.78, 5) is 13.9. The lowest BCUT2D eigenvalue weighted by Crippen LogP contribution is -2.26. The van der Waals surface area contributed by atoms with E-state index in [9.17, 15) is 4.79 Å². The zero-order chi connectivity index (χ0) is 13.9. The molecule has 0 fully saturated rings. The van der Waals surface area contributed by atoms with Crippen molar-refractivity contribution in [1.82, 2.24) is 9.88 Å². The third-order valence-electron chi connectivity index (χ3n) is 3.40. The van der Waals surface area contributed by atoms with Gasteiger partial charge in [-0.1, -0.05) is 6.92 Å². The Labute approximate surface area is 127 Å². The molecular formula is C15H18N2OS2. The molecule has 1 aliphatic heterocycles. The normalized spacial score (nSPS) is 14.1. The summed E-state index contributed by atoms with van der Waals surface area (Å²) in [6.07, 6.45) is 6.00. The number of nitrogens with zero attached hydrogens (tertiary/aromatic N) is 1. The molecule has 0 aliphatic carbocycles. The van der Waals surface area contributed by atoms with Crippen molar-refractivity contribution in [2.75, 3.05) is 12.3 Å². The number of carbonyl (C=O) groups is 1. The van der Waals surface area contributed by atoms with Crippen LogP contribution in [0.3, 0.4) is 0 Å². The molecule has 0 saturated heterocycles. The van der Waals surface area contributed by atoms with Crippen molar-refractivity contribution >= 4 is 29.0 Å². The topological polar surface area (TPSA) is 34.0 Å². The van der Waals surface area contributed by atoms with Gasteiger partial charge in [0, 0.05) is 29.6 Å². The highest BCUT2D eigenvalue weighted by Gasteiger charge is 2.25. The summed E-state index contributed by atoms with van der Waals surface area (Å²) < 4.78 is 2.06. The number of fused-ring (bicyclic) bond motifs is 1. The molecule has 0 unspecified atom stereocenters. The van der Waals surface area contributed by atoms with Crippen LogP contribution in [-0.2, 0) is 12.2 Å². The molecule has 2 aromatic heterocycles. The van der Waals surface area contributed by atoms with E-state index >= 15 is 0 Å². The van der Waals surface area contributed by atoms with Crippen LogP contribution < -0.4 is 5.32 Å². The lowest BCUT2D eigenvalue weighted by molar-refractivity contribution is 0.0953. The Morgan fingerprint density at radius 2 is 2.20 bits per heavy atom. The summed E-state index contributed by atoms with van der Waals surface area (Å²) in [5, 5.41) is 4.10. The largest absolute Gasteiger partial charge is 0.352 e. The molecule has 5 heteroatoms. The van der Waals surface area contributed by atoms with Crippen molar-refractivity contribution < 1.29 is 4.79 Å². The molecule has 20 heavy (non-hydrogen) atoms. The number of aromatic nitrogens is 1. The molecule has 0 saturated carbocycles. The Morgan fingerprint density at radius 1 is 1.40 bits per heavy atom. The molecule has 2 aromatic rings. The van der Waals surface area contributed by atoms with E-state index in [2.05, 4.69) is 16.8 Å². The van der Waals surface area contributed by atoms with Gasteiger partial charge in [-0.05, 0) is 36.3 Å². The van der Waals surface area contributed by atoms with E-state index in [1.165, 1.54) is 10.4 Å². The molecular weight excluding hydrogens is 288 g/mol. The SMILES string of the molecule is CCCNC(=O)c1c(-n2cccc2)sc2c1CCSC2. The van der Waals surface area contributed by atoms with Gasteiger partial charge in [0.15, 0.2) is 0 Å². The maximum atomic E-state index is 12.5. The average molecular weight is 306 g/mol. The van der Waals surface area contributed by atoms with Crippen molar-refractivity contribution in [3.05, 3.63) is 40.5 Å². The van der Waals surface area contributed by atoms with Gasteiger partial charge in [-0.15, -0.1) is 11.3 Å². The quantitative estimate of drug-likeness (QED) is 0.938. The van der Waals surface area contributed by atoms with Crippen LogP contribution in [0.4, 0.5) is 0 Å². The predicted octanol–water partition coefficient (Wildman–Crippen LogP) is 3.47. The van der Waals surface area contributed by atoms with Crippen LogP contribution in [0.15, 0.2) is 24.5 Å². The van der Waals surface area contributed by atoms with Crippen LogP contribution in [-0.4, -0.2) is 22.8 Å². The van der Waals surface area contributed by atoms with Crippen LogP contribution in [0.25, 0.3) is 5.00 Å². The van der Waals surface area contributed by atoms with Gasteiger partial charge in [-0.3, -0.25) is 4.79 Å². The van der Waals surface area contributed by atoms with E-state index in [4.69, 9.17) is 0 Å². The Morgan fingerprint density at radius 3 is 2.95 bits per heavy atom. The van der Waals surface area contributed by atoms with Crippen LogP contribution in [0.1, 0.15) is 34.1 Å². The highest BCUT2D eigenvalue weighted by atomic mass is 32.2. The third kappa shape index (κ3) is 2.52. The molecule has 3 nitrogen and oxygen atoms in total. The fraction of sp³-hybridized carbons (Fsp3) is 0.400. The van der Waals surface area contributed by atoms with Gasteiger partial charge in [0.2, 0.25) is 0 Å². The first-order chi connectivity index (χ1) is 9.81. The number of hydrogen-bond acceptors (Lipinski definition) is 3. The second kappa shape index (κ2) is 6.06. The van der Waals surface area contributed by atoms with Gasteiger partial charge in [-0.25, -0.2) is 0 Å². The zero-order valence-corrected chi connectivity index (χ0v) is 13.1. The van der Waals surface area contributed by atoms with E-state index in [1.807, 2.05) is 36.3 Å². The minimum Gasteiger partial charge on any atom is -0.352 e. The van der Waals surface area contributed by atoms with Crippen molar-refractivity contribution in [2.24, 2.45) is 0 Å². The van der Waals surface area contributed by atoms with E-state index in [-0.39, 0.29) is 5.91 Å². The molecule has 3 rings (SSSR count). The van der Waals surface area contributed by atoms with Gasteiger partial charge < -0.3 is 9.88 Å².